The zero-order chi connectivity index (χ0) is 21.3. The molecule has 6 heteroatoms. The summed E-state index contributed by atoms with van der Waals surface area (Å²) in [5.74, 6) is 1.62. The molecular formula is C24H28N2O3S. The van der Waals surface area contributed by atoms with Crippen LogP contribution in [0.5, 0.6) is 11.5 Å². The topological polar surface area (TPSA) is 43.7 Å². The van der Waals surface area contributed by atoms with E-state index in [1.165, 1.54) is 4.88 Å². The van der Waals surface area contributed by atoms with Gasteiger partial charge in [0.25, 0.3) is 5.91 Å². The second-order valence-electron chi connectivity index (χ2n) is 7.71. The van der Waals surface area contributed by atoms with Crippen LogP contribution < -0.4 is 9.47 Å². The minimum Gasteiger partial charge on any atom is -0.497 e. The van der Waals surface area contributed by atoms with E-state index in [0.717, 1.165) is 59.9 Å². The monoisotopic (exact) mass is 424 g/mol. The quantitative estimate of drug-likeness (QED) is 0.546. The molecule has 2 aromatic heterocycles. The molecule has 1 aromatic carbocycles. The fourth-order valence-corrected chi connectivity index (χ4v) is 5.09. The summed E-state index contributed by atoms with van der Waals surface area (Å²) >= 11 is 1.74. The summed E-state index contributed by atoms with van der Waals surface area (Å²) in [5, 5.41) is 2.09. The molecule has 1 fully saturated rings. The van der Waals surface area contributed by atoms with Crippen molar-refractivity contribution in [3.8, 4) is 11.5 Å². The molecule has 0 aliphatic carbocycles. The number of amides is 1. The molecule has 1 atom stereocenters. The predicted octanol–water partition coefficient (Wildman–Crippen LogP) is 5.21. The number of carbonyl (C=O) groups is 1. The van der Waals surface area contributed by atoms with Crippen LogP contribution in [-0.4, -0.2) is 36.1 Å². The van der Waals surface area contributed by atoms with Crippen molar-refractivity contribution in [3.05, 3.63) is 69.2 Å². The van der Waals surface area contributed by atoms with Gasteiger partial charge in [-0.1, -0.05) is 6.07 Å². The van der Waals surface area contributed by atoms with Crippen LogP contribution in [0.2, 0.25) is 0 Å². The number of aromatic nitrogens is 1. The van der Waals surface area contributed by atoms with Crippen LogP contribution in [0.25, 0.3) is 0 Å². The first-order chi connectivity index (χ1) is 14.5. The molecule has 3 heterocycles. The summed E-state index contributed by atoms with van der Waals surface area (Å²) in [6, 6.07) is 12.1. The zero-order valence-corrected chi connectivity index (χ0v) is 18.8. The lowest BCUT2D eigenvalue weighted by Crippen LogP contribution is -2.31. The van der Waals surface area contributed by atoms with E-state index in [1.54, 1.807) is 25.6 Å². The standard InChI is InChI=1S/C24H28N2O3S/c1-16-13-21(17(2)26(16)15-19-7-6-12-30-19)24(27)25-11-5-8-22(25)20-10-9-18(28-3)14-23(20)29-4/h6-7,9-10,12-14,22H,5,8,11,15H2,1-4H3. The maximum atomic E-state index is 13.6. The van der Waals surface area contributed by atoms with Gasteiger partial charge in [0.05, 0.1) is 32.4 Å². The van der Waals surface area contributed by atoms with Gasteiger partial charge < -0.3 is 18.9 Å². The molecule has 4 rings (SSSR count). The smallest absolute Gasteiger partial charge is 0.256 e. The lowest BCUT2D eigenvalue weighted by molar-refractivity contribution is 0.0733. The first kappa shape index (κ1) is 20.5. The van der Waals surface area contributed by atoms with Crippen molar-refractivity contribution in [2.75, 3.05) is 20.8 Å². The van der Waals surface area contributed by atoms with E-state index in [9.17, 15) is 4.79 Å². The molecular weight excluding hydrogens is 396 g/mol. The van der Waals surface area contributed by atoms with E-state index in [2.05, 4.69) is 29.0 Å². The minimum atomic E-state index is 0.0127. The van der Waals surface area contributed by atoms with Crippen LogP contribution in [0.1, 0.15) is 51.1 Å². The summed E-state index contributed by atoms with van der Waals surface area (Å²) in [7, 11) is 3.31. The van der Waals surface area contributed by atoms with Crippen molar-refractivity contribution in [3.63, 3.8) is 0 Å². The third kappa shape index (κ3) is 3.72. The number of methoxy groups -OCH3 is 2. The number of likely N-dealkylation sites (tertiary alicyclic amines) is 1. The Hall–Kier alpha value is -2.73. The van der Waals surface area contributed by atoms with Gasteiger partial charge in [-0.05, 0) is 56.3 Å². The molecule has 1 saturated heterocycles. The van der Waals surface area contributed by atoms with Crippen molar-refractivity contribution in [1.29, 1.82) is 0 Å². The van der Waals surface area contributed by atoms with Gasteiger partial charge >= 0.3 is 0 Å². The Kier molecular flexibility index (Phi) is 5.86. The van der Waals surface area contributed by atoms with Crippen molar-refractivity contribution in [2.45, 2.75) is 39.3 Å². The van der Waals surface area contributed by atoms with Crippen molar-refractivity contribution in [1.82, 2.24) is 9.47 Å². The number of hydrogen-bond donors (Lipinski definition) is 0. The third-order valence-corrected chi connectivity index (χ3v) is 6.87. The largest absolute Gasteiger partial charge is 0.497 e. The first-order valence-corrected chi connectivity index (χ1v) is 11.1. The van der Waals surface area contributed by atoms with Crippen LogP contribution in [0.3, 0.4) is 0 Å². The molecule has 0 bridgehead atoms. The second kappa shape index (κ2) is 8.56. The predicted molar refractivity (Wildman–Crippen MR) is 120 cm³/mol. The third-order valence-electron chi connectivity index (χ3n) is 6.01. The van der Waals surface area contributed by atoms with Gasteiger partial charge in [0.2, 0.25) is 0 Å². The lowest BCUT2D eigenvalue weighted by Gasteiger charge is -2.26. The van der Waals surface area contributed by atoms with Gasteiger partial charge in [-0.2, -0.15) is 0 Å². The van der Waals surface area contributed by atoms with E-state index in [4.69, 9.17) is 9.47 Å². The maximum absolute atomic E-state index is 13.6. The Bertz CT molecular complexity index is 1040. The molecule has 158 valence electrons. The van der Waals surface area contributed by atoms with Crippen LogP contribution in [0.4, 0.5) is 0 Å². The summed E-state index contributed by atoms with van der Waals surface area (Å²) in [6.07, 6.45) is 1.92. The minimum absolute atomic E-state index is 0.0127. The van der Waals surface area contributed by atoms with Crippen molar-refractivity contribution >= 4 is 17.2 Å². The van der Waals surface area contributed by atoms with Crippen LogP contribution in [0.15, 0.2) is 41.8 Å². The Morgan fingerprint density at radius 1 is 1.17 bits per heavy atom. The van der Waals surface area contributed by atoms with Gasteiger partial charge in [0, 0.05) is 34.4 Å². The highest BCUT2D eigenvalue weighted by Crippen LogP contribution is 2.39. The SMILES string of the molecule is COc1ccc(C2CCCN2C(=O)c2cc(C)n(Cc3cccs3)c2C)c(OC)c1. The molecule has 0 spiro atoms. The molecule has 5 nitrogen and oxygen atoms in total. The number of nitrogens with zero attached hydrogens (tertiary/aromatic N) is 2. The number of ether oxygens (including phenoxy) is 2. The van der Waals surface area contributed by atoms with Gasteiger partial charge in [0.15, 0.2) is 0 Å². The molecule has 0 N–H and O–H groups in total. The Morgan fingerprint density at radius 3 is 2.70 bits per heavy atom. The summed E-state index contributed by atoms with van der Waals surface area (Å²) < 4.78 is 13.2. The molecule has 1 unspecified atom stereocenters. The normalized spacial score (nSPS) is 16.1. The average molecular weight is 425 g/mol. The van der Waals surface area contributed by atoms with Gasteiger partial charge in [-0.25, -0.2) is 0 Å². The summed E-state index contributed by atoms with van der Waals surface area (Å²) in [5.41, 5.74) is 3.97. The highest BCUT2D eigenvalue weighted by molar-refractivity contribution is 7.09. The Morgan fingerprint density at radius 2 is 2.00 bits per heavy atom. The van der Waals surface area contributed by atoms with E-state index in [0.29, 0.717) is 0 Å². The molecule has 1 amide bonds. The summed E-state index contributed by atoms with van der Waals surface area (Å²) in [4.78, 5) is 16.9. The molecule has 1 aliphatic rings. The van der Waals surface area contributed by atoms with Crippen molar-refractivity contribution in [2.24, 2.45) is 0 Å². The van der Waals surface area contributed by atoms with Gasteiger partial charge in [-0.15, -0.1) is 11.3 Å². The molecule has 3 aromatic rings. The highest BCUT2D eigenvalue weighted by Gasteiger charge is 2.34. The molecule has 30 heavy (non-hydrogen) atoms. The zero-order valence-electron chi connectivity index (χ0n) is 18.0. The van der Waals surface area contributed by atoms with Gasteiger partial charge in [-0.3, -0.25) is 4.79 Å². The number of aryl methyl sites for hydroxylation is 1. The molecule has 0 saturated carbocycles. The lowest BCUT2D eigenvalue weighted by atomic mass is 10.0. The van der Waals surface area contributed by atoms with Crippen LogP contribution >= 0.6 is 11.3 Å². The second-order valence-corrected chi connectivity index (χ2v) is 8.75. The number of benzene rings is 1. The fourth-order valence-electron chi connectivity index (χ4n) is 4.40. The number of thiophene rings is 1. The van der Waals surface area contributed by atoms with Crippen LogP contribution in [-0.2, 0) is 6.54 Å². The average Bonchev–Trinajstić information content (AvgIpc) is 3.50. The van der Waals surface area contributed by atoms with E-state index in [1.807, 2.05) is 36.1 Å². The number of carbonyl (C=O) groups excluding carboxylic acids is 1. The van der Waals surface area contributed by atoms with E-state index >= 15 is 0 Å². The van der Waals surface area contributed by atoms with Crippen LogP contribution in [0, 0.1) is 13.8 Å². The first-order valence-electron chi connectivity index (χ1n) is 10.3. The fraction of sp³-hybridized carbons (Fsp3) is 0.375. The number of rotatable bonds is 6. The van der Waals surface area contributed by atoms with Crippen molar-refractivity contribution < 1.29 is 14.3 Å². The molecule has 0 radical (unpaired) electrons. The highest BCUT2D eigenvalue weighted by atomic mass is 32.1. The van der Waals surface area contributed by atoms with E-state index < -0.39 is 0 Å². The maximum Gasteiger partial charge on any atom is 0.256 e. The molecule has 1 aliphatic heterocycles. The Balaban J connectivity index is 1.63. The summed E-state index contributed by atoms with van der Waals surface area (Å²) in [6.45, 7) is 5.68. The Labute approximate surface area is 181 Å². The van der Waals surface area contributed by atoms with E-state index in [-0.39, 0.29) is 11.9 Å². The number of hydrogen-bond acceptors (Lipinski definition) is 4. The van der Waals surface area contributed by atoms with Gasteiger partial charge in [0.1, 0.15) is 11.5 Å².